The molecule has 1 heterocycles. The van der Waals surface area contributed by atoms with Gasteiger partial charge in [-0.15, -0.1) is 0 Å². The van der Waals surface area contributed by atoms with Gasteiger partial charge in [0.05, 0.1) is 11.1 Å². The molecule has 0 spiro atoms. The molecular formula is C22H24BrN3O3S. The molecule has 0 radical (unpaired) electrons. The van der Waals surface area contributed by atoms with Gasteiger partial charge in [-0.05, 0) is 83.8 Å². The van der Waals surface area contributed by atoms with Crippen LogP contribution in [-0.4, -0.2) is 41.5 Å². The summed E-state index contributed by atoms with van der Waals surface area (Å²) in [6.07, 6.45) is 2.99. The molecule has 1 aliphatic heterocycles. The third-order valence-corrected chi connectivity index (χ3v) is 5.47. The molecule has 0 atom stereocenters. The minimum absolute atomic E-state index is 0.0151. The number of halogens is 1. The number of nitrogens with one attached hydrogen (secondary N) is 2. The van der Waals surface area contributed by atoms with Gasteiger partial charge in [-0.1, -0.05) is 13.0 Å². The molecule has 30 heavy (non-hydrogen) atoms. The quantitative estimate of drug-likeness (QED) is 0.580. The highest BCUT2D eigenvalue weighted by Gasteiger charge is 2.19. The lowest BCUT2D eigenvalue weighted by atomic mass is 10.2. The molecule has 2 aromatic rings. The lowest BCUT2D eigenvalue weighted by Gasteiger charge is -2.16. The monoisotopic (exact) mass is 489 g/mol. The number of nitrogens with zero attached hydrogens (tertiary/aromatic N) is 1. The van der Waals surface area contributed by atoms with E-state index in [2.05, 4.69) is 26.6 Å². The fourth-order valence-corrected chi connectivity index (χ4v) is 3.85. The standard InChI is InChI=1S/C22H24BrN3O3S/c1-2-12-29-19-9-8-15(14-18(19)23)20(27)25-22(30)24-17-7-5-6-16(13-17)21(28)26-10-3-4-11-26/h5-9,13-14H,2-4,10-12H2,1H3,(H2,24,25,27,30). The maximum atomic E-state index is 12.6. The number of likely N-dealkylation sites (tertiary alicyclic amines) is 1. The molecule has 6 nitrogen and oxygen atoms in total. The van der Waals surface area contributed by atoms with Crippen molar-refractivity contribution in [3.63, 3.8) is 0 Å². The topological polar surface area (TPSA) is 70.7 Å². The summed E-state index contributed by atoms with van der Waals surface area (Å²) in [6.45, 7) is 4.23. The van der Waals surface area contributed by atoms with E-state index in [4.69, 9.17) is 17.0 Å². The third-order valence-electron chi connectivity index (χ3n) is 4.64. The molecule has 1 saturated heterocycles. The number of carbonyl (C=O) groups excluding carboxylic acids is 2. The maximum absolute atomic E-state index is 12.6. The van der Waals surface area contributed by atoms with Crippen LogP contribution in [0.3, 0.4) is 0 Å². The van der Waals surface area contributed by atoms with Crippen molar-refractivity contribution in [2.75, 3.05) is 25.0 Å². The Morgan fingerprint density at radius 1 is 1.13 bits per heavy atom. The van der Waals surface area contributed by atoms with Crippen LogP contribution in [0.25, 0.3) is 0 Å². The Hall–Kier alpha value is -2.45. The summed E-state index contributed by atoms with van der Waals surface area (Å²) in [5.41, 5.74) is 1.70. The van der Waals surface area contributed by atoms with E-state index in [0.717, 1.165) is 32.4 Å². The predicted octanol–water partition coefficient (Wildman–Crippen LogP) is 4.60. The van der Waals surface area contributed by atoms with Gasteiger partial charge >= 0.3 is 0 Å². The number of rotatable bonds is 6. The van der Waals surface area contributed by atoms with Crippen LogP contribution >= 0.6 is 28.1 Å². The molecular weight excluding hydrogens is 466 g/mol. The van der Waals surface area contributed by atoms with Gasteiger partial charge in [-0.2, -0.15) is 0 Å². The van der Waals surface area contributed by atoms with Gasteiger partial charge in [-0.25, -0.2) is 0 Å². The minimum atomic E-state index is -0.334. The van der Waals surface area contributed by atoms with E-state index in [0.29, 0.717) is 33.6 Å². The molecule has 1 fully saturated rings. The molecule has 0 bridgehead atoms. The van der Waals surface area contributed by atoms with E-state index in [-0.39, 0.29) is 16.9 Å². The van der Waals surface area contributed by atoms with Crippen molar-refractivity contribution in [2.24, 2.45) is 0 Å². The van der Waals surface area contributed by atoms with Crippen LogP contribution in [0.1, 0.15) is 46.9 Å². The normalized spacial score (nSPS) is 13.1. The van der Waals surface area contributed by atoms with E-state index in [1.165, 1.54) is 0 Å². The second-order valence-electron chi connectivity index (χ2n) is 6.98. The van der Waals surface area contributed by atoms with Gasteiger partial charge in [0.25, 0.3) is 11.8 Å². The summed E-state index contributed by atoms with van der Waals surface area (Å²) in [4.78, 5) is 26.9. The van der Waals surface area contributed by atoms with Crippen LogP contribution in [-0.2, 0) is 0 Å². The number of anilines is 1. The van der Waals surface area contributed by atoms with Crippen LogP contribution in [0.4, 0.5) is 5.69 Å². The lowest BCUT2D eigenvalue weighted by Crippen LogP contribution is -2.34. The highest BCUT2D eigenvalue weighted by Crippen LogP contribution is 2.26. The Labute approximate surface area is 190 Å². The maximum Gasteiger partial charge on any atom is 0.257 e. The van der Waals surface area contributed by atoms with Gasteiger partial charge in [0.15, 0.2) is 5.11 Å². The smallest absolute Gasteiger partial charge is 0.257 e. The van der Waals surface area contributed by atoms with Crippen LogP contribution in [0, 0.1) is 0 Å². The van der Waals surface area contributed by atoms with Crippen LogP contribution in [0.5, 0.6) is 5.75 Å². The number of amides is 2. The van der Waals surface area contributed by atoms with Crippen molar-refractivity contribution >= 4 is 50.8 Å². The zero-order valence-electron chi connectivity index (χ0n) is 16.7. The SMILES string of the molecule is CCCOc1ccc(C(=O)NC(=S)Nc2cccc(C(=O)N3CCCC3)c2)cc1Br. The molecule has 2 aromatic carbocycles. The molecule has 158 valence electrons. The molecule has 0 aliphatic carbocycles. The number of thiocarbonyl (C=S) groups is 1. The zero-order valence-corrected chi connectivity index (χ0v) is 19.1. The molecule has 3 rings (SSSR count). The zero-order chi connectivity index (χ0) is 21.5. The van der Waals surface area contributed by atoms with Crippen molar-refractivity contribution in [1.29, 1.82) is 0 Å². The van der Waals surface area contributed by atoms with Crippen molar-refractivity contribution in [3.8, 4) is 5.75 Å². The van der Waals surface area contributed by atoms with E-state index < -0.39 is 0 Å². The molecule has 0 aromatic heterocycles. The fourth-order valence-electron chi connectivity index (χ4n) is 3.14. The number of hydrogen-bond donors (Lipinski definition) is 2. The molecule has 0 saturated carbocycles. The fraction of sp³-hybridized carbons (Fsp3) is 0.318. The molecule has 2 amide bonds. The Morgan fingerprint density at radius 3 is 2.60 bits per heavy atom. The number of carbonyl (C=O) groups is 2. The molecule has 1 aliphatic rings. The Morgan fingerprint density at radius 2 is 1.90 bits per heavy atom. The second-order valence-corrected chi connectivity index (χ2v) is 8.24. The number of hydrogen-bond acceptors (Lipinski definition) is 4. The number of ether oxygens (including phenoxy) is 1. The van der Waals surface area contributed by atoms with Crippen LogP contribution in [0.2, 0.25) is 0 Å². The van der Waals surface area contributed by atoms with E-state index in [1.54, 1.807) is 42.5 Å². The van der Waals surface area contributed by atoms with E-state index >= 15 is 0 Å². The highest BCUT2D eigenvalue weighted by atomic mass is 79.9. The van der Waals surface area contributed by atoms with E-state index in [9.17, 15) is 9.59 Å². The van der Waals surface area contributed by atoms with Gasteiger partial charge in [0.1, 0.15) is 5.75 Å². The summed E-state index contributed by atoms with van der Waals surface area (Å²) in [5, 5.41) is 5.80. The summed E-state index contributed by atoms with van der Waals surface area (Å²) < 4.78 is 6.30. The van der Waals surface area contributed by atoms with Crippen molar-refractivity contribution in [3.05, 3.63) is 58.1 Å². The largest absolute Gasteiger partial charge is 0.492 e. The summed E-state index contributed by atoms with van der Waals surface area (Å²) in [7, 11) is 0. The predicted molar refractivity (Wildman–Crippen MR) is 125 cm³/mol. The minimum Gasteiger partial charge on any atom is -0.492 e. The second kappa shape index (κ2) is 10.5. The molecule has 2 N–H and O–H groups in total. The van der Waals surface area contributed by atoms with Crippen LogP contribution in [0.15, 0.2) is 46.9 Å². The van der Waals surface area contributed by atoms with Gasteiger partial charge in [-0.3, -0.25) is 14.9 Å². The van der Waals surface area contributed by atoms with Gasteiger partial charge in [0, 0.05) is 29.9 Å². The van der Waals surface area contributed by atoms with Crippen molar-refractivity contribution in [2.45, 2.75) is 26.2 Å². The Kier molecular flexibility index (Phi) is 7.81. The number of benzene rings is 2. The van der Waals surface area contributed by atoms with Gasteiger partial charge in [0.2, 0.25) is 0 Å². The third kappa shape index (κ3) is 5.79. The Bertz CT molecular complexity index is 945. The average molecular weight is 490 g/mol. The molecule has 8 heteroatoms. The average Bonchev–Trinajstić information content (AvgIpc) is 3.27. The Balaban J connectivity index is 1.60. The molecule has 0 unspecified atom stereocenters. The first-order valence-corrected chi connectivity index (χ1v) is 11.1. The first kappa shape index (κ1) is 22.2. The highest BCUT2D eigenvalue weighted by molar-refractivity contribution is 9.10. The van der Waals surface area contributed by atoms with E-state index in [1.807, 2.05) is 11.8 Å². The lowest BCUT2D eigenvalue weighted by molar-refractivity contribution is 0.0792. The van der Waals surface area contributed by atoms with Crippen molar-refractivity contribution < 1.29 is 14.3 Å². The van der Waals surface area contributed by atoms with Crippen molar-refractivity contribution in [1.82, 2.24) is 10.2 Å². The summed E-state index contributed by atoms with van der Waals surface area (Å²) in [5.74, 6) is 0.370. The first-order chi connectivity index (χ1) is 14.5. The summed E-state index contributed by atoms with van der Waals surface area (Å²) >= 11 is 8.70. The van der Waals surface area contributed by atoms with Gasteiger partial charge < -0.3 is 15.0 Å². The summed E-state index contributed by atoms with van der Waals surface area (Å²) in [6, 6.07) is 12.3. The van der Waals surface area contributed by atoms with Crippen LogP contribution < -0.4 is 15.4 Å². The first-order valence-electron chi connectivity index (χ1n) is 9.92.